The molecule has 0 spiro atoms. The molecule has 0 aliphatic carbocycles. The summed E-state index contributed by atoms with van der Waals surface area (Å²) in [5.74, 6) is 0. The molecule has 0 saturated carbocycles. The maximum Gasteiger partial charge on any atom is 0.0669 e. The summed E-state index contributed by atoms with van der Waals surface area (Å²) in [6.07, 6.45) is 0.484. The molecule has 0 aliphatic heterocycles. The second-order valence-electron chi connectivity index (χ2n) is 3.09. The van der Waals surface area contributed by atoms with Crippen LogP contribution in [0.1, 0.15) is 5.56 Å². The van der Waals surface area contributed by atoms with Gasteiger partial charge in [-0.1, -0.05) is 30.3 Å². The quantitative estimate of drug-likeness (QED) is 0.738. The van der Waals surface area contributed by atoms with Crippen molar-refractivity contribution in [3.05, 3.63) is 45.5 Å². The van der Waals surface area contributed by atoms with Gasteiger partial charge in [0.2, 0.25) is 0 Å². The van der Waals surface area contributed by atoms with Gasteiger partial charge in [0.15, 0.2) is 0 Å². The predicted molar refractivity (Wildman–Crippen MR) is 66.0 cm³/mol. The molecule has 0 heterocycles. The number of hydrogen-bond acceptors (Lipinski definition) is 1. The lowest BCUT2D eigenvalue weighted by Crippen LogP contribution is -1.86. The van der Waals surface area contributed by atoms with Crippen molar-refractivity contribution in [3.63, 3.8) is 0 Å². The van der Waals surface area contributed by atoms with Crippen LogP contribution in [0.2, 0.25) is 0 Å². The van der Waals surface area contributed by atoms with E-state index in [0.29, 0.717) is 6.42 Å². The zero-order valence-electron chi connectivity index (χ0n) is 7.50. The van der Waals surface area contributed by atoms with E-state index in [1.807, 2.05) is 18.2 Å². The lowest BCUT2D eigenvalue weighted by Gasteiger charge is -2.04. The summed E-state index contributed by atoms with van der Waals surface area (Å²) < 4.78 is 1.24. The molecule has 2 aromatic carbocycles. The molecule has 2 aromatic rings. The second kappa shape index (κ2) is 3.97. The van der Waals surface area contributed by atoms with E-state index in [0.717, 1.165) is 5.56 Å². The number of nitriles is 1. The summed E-state index contributed by atoms with van der Waals surface area (Å²) in [7, 11) is 0. The molecule has 1 nitrogen and oxygen atoms in total. The Kier molecular flexibility index (Phi) is 2.69. The highest BCUT2D eigenvalue weighted by Crippen LogP contribution is 2.24. The lowest BCUT2D eigenvalue weighted by atomic mass is 10.0. The van der Waals surface area contributed by atoms with Gasteiger partial charge in [0.1, 0.15) is 0 Å². The molecule has 0 amide bonds. The molecule has 0 saturated heterocycles. The van der Waals surface area contributed by atoms with E-state index < -0.39 is 0 Å². The van der Waals surface area contributed by atoms with E-state index in [9.17, 15) is 0 Å². The minimum Gasteiger partial charge on any atom is -0.198 e. The van der Waals surface area contributed by atoms with E-state index in [-0.39, 0.29) is 0 Å². The molecule has 0 aromatic heterocycles. The van der Waals surface area contributed by atoms with Gasteiger partial charge in [0, 0.05) is 3.57 Å². The number of fused-ring (bicyclic) bond motifs is 1. The van der Waals surface area contributed by atoms with Crippen LogP contribution < -0.4 is 0 Å². The number of rotatable bonds is 1. The third-order valence-electron chi connectivity index (χ3n) is 2.23. The molecule has 0 unspecified atom stereocenters. The third kappa shape index (κ3) is 1.60. The minimum absolute atomic E-state index is 0.484. The summed E-state index contributed by atoms with van der Waals surface area (Å²) >= 11 is 2.32. The van der Waals surface area contributed by atoms with Crippen molar-refractivity contribution in [2.45, 2.75) is 6.42 Å². The Morgan fingerprint density at radius 1 is 1.07 bits per heavy atom. The third-order valence-corrected chi connectivity index (χ3v) is 3.17. The fourth-order valence-electron chi connectivity index (χ4n) is 1.56. The molecule has 0 atom stereocenters. The fraction of sp³-hybridized carbons (Fsp3) is 0.0833. The van der Waals surface area contributed by atoms with Crippen LogP contribution in [0.4, 0.5) is 0 Å². The number of nitrogens with zero attached hydrogens (tertiary/aromatic N) is 1. The SMILES string of the molecule is N#CCc1ccc(I)c2ccccc12. The molecule has 0 bridgehead atoms. The van der Waals surface area contributed by atoms with E-state index in [1.165, 1.54) is 14.3 Å². The average molecular weight is 293 g/mol. The van der Waals surface area contributed by atoms with Crippen LogP contribution >= 0.6 is 22.6 Å². The van der Waals surface area contributed by atoms with Crippen LogP contribution in [0.3, 0.4) is 0 Å². The molecule has 0 aliphatic rings. The van der Waals surface area contributed by atoms with E-state index in [1.54, 1.807) is 0 Å². The smallest absolute Gasteiger partial charge is 0.0669 e. The lowest BCUT2D eigenvalue weighted by molar-refractivity contribution is 1.29. The molecule has 2 rings (SSSR count). The van der Waals surface area contributed by atoms with Crippen LogP contribution in [0.5, 0.6) is 0 Å². The topological polar surface area (TPSA) is 23.8 Å². The first kappa shape index (κ1) is 9.47. The molecule has 0 fully saturated rings. The monoisotopic (exact) mass is 293 g/mol. The van der Waals surface area contributed by atoms with Crippen LogP contribution in [0.25, 0.3) is 10.8 Å². The molecule has 14 heavy (non-hydrogen) atoms. The Morgan fingerprint density at radius 2 is 1.79 bits per heavy atom. The summed E-state index contributed by atoms with van der Waals surface area (Å²) in [5.41, 5.74) is 1.11. The maximum absolute atomic E-state index is 8.70. The molecule has 0 N–H and O–H groups in total. The highest BCUT2D eigenvalue weighted by Gasteiger charge is 2.02. The highest BCUT2D eigenvalue weighted by molar-refractivity contribution is 14.1. The van der Waals surface area contributed by atoms with Gasteiger partial charge in [0.05, 0.1) is 12.5 Å². The van der Waals surface area contributed by atoms with Crippen LogP contribution in [0.15, 0.2) is 36.4 Å². The van der Waals surface area contributed by atoms with E-state index >= 15 is 0 Å². The summed E-state index contributed by atoms with van der Waals surface area (Å²) in [6.45, 7) is 0. The zero-order chi connectivity index (χ0) is 9.97. The Bertz CT molecular complexity index is 511. The van der Waals surface area contributed by atoms with Crippen molar-refractivity contribution in [2.75, 3.05) is 0 Å². The molecular weight excluding hydrogens is 285 g/mol. The van der Waals surface area contributed by atoms with E-state index in [2.05, 4.69) is 46.9 Å². The molecule has 68 valence electrons. The second-order valence-corrected chi connectivity index (χ2v) is 4.25. The van der Waals surface area contributed by atoms with Crippen molar-refractivity contribution in [2.24, 2.45) is 0 Å². The van der Waals surface area contributed by atoms with Crippen LogP contribution in [-0.2, 0) is 6.42 Å². The van der Waals surface area contributed by atoms with Crippen LogP contribution in [0, 0.1) is 14.9 Å². The van der Waals surface area contributed by atoms with Crippen molar-refractivity contribution < 1.29 is 0 Å². The van der Waals surface area contributed by atoms with Gasteiger partial charge >= 0.3 is 0 Å². The van der Waals surface area contributed by atoms with Crippen molar-refractivity contribution in [1.82, 2.24) is 0 Å². The van der Waals surface area contributed by atoms with Crippen molar-refractivity contribution in [1.29, 1.82) is 5.26 Å². The molecular formula is C12H8IN. The van der Waals surface area contributed by atoms with Gasteiger partial charge in [-0.3, -0.25) is 0 Å². The largest absolute Gasteiger partial charge is 0.198 e. The Hall–Kier alpha value is -1.08. The van der Waals surface area contributed by atoms with Crippen molar-refractivity contribution >= 4 is 33.4 Å². The normalized spacial score (nSPS) is 10.0. The van der Waals surface area contributed by atoms with Gasteiger partial charge in [-0.05, 0) is 45.0 Å². The van der Waals surface area contributed by atoms with Gasteiger partial charge in [-0.15, -0.1) is 0 Å². The summed E-state index contributed by atoms with van der Waals surface area (Å²) in [4.78, 5) is 0. The first-order valence-electron chi connectivity index (χ1n) is 4.36. The Balaban J connectivity index is 2.76. The Morgan fingerprint density at radius 3 is 2.50 bits per heavy atom. The maximum atomic E-state index is 8.70. The predicted octanol–water partition coefficient (Wildman–Crippen LogP) is 3.51. The molecule has 0 radical (unpaired) electrons. The minimum atomic E-state index is 0.484. The van der Waals surface area contributed by atoms with Gasteiger partial charge in [-0.25, -0.2) is 0 Å². The highest BCUT2D eigenvalue weighted by atomic mass is 127. The number of benzene rings is 2. The van der Waals surface area contributed by atoms with E-state index in [4.69, 9.17) is 5.26 Å². The first-order valence-corrected chi connectivity index (χ1v) is 5.44. The summed E-state index contributed by atoms with van der Waals surface area (Å²) in [5, 5.41) is 11.1. The first-order chi connectivity index (χ1) is 6.83. The average Bonchev–Trinajstić information content (AvgIpc) is 2.23. The van der Waals surface area contributed by atoms with Gasteiger partial charge in [-0.2, -0.15) is 5.26 Å². The Labute approximate surface area is 96.5 Å². The zero-order valence-corrected chi connectivity index (χ0v) is 9.65. The summed E-state index contributed by atoms with van der Waals surface area (Å²) in [6, 6.07) is 14.5. The number of halogens is 1. The standard InChI is InChI=1S/C12H8IN/c13-12-6-5-9(7-8-14)10-3-1-2-4-11(10)12/h1-6H,7H2. The molecule has 2 heteroatoms. The fourth-order valence-corrected chi connectivity index (χ4v) is 2.21. The van der Waals surface area contributed by atoms with Crippen molar-refractivity contribution in [3.8, 4) is 6.07 Å². The van der Waals surface area contributed by atoms with Crippen LogP contribution in [-0.4, -0.2) is 0 Å². The van der Waals surface area contributed by atoms with Gasteiger partial charge in [0.25, 0.3) is 0 Å². The van der Waals surface area contributed by atoms with Gasteiger partial charge < -0.3 is 0 Å². The number of hydrogen-bond donors (Lipinski definition) is 0.